The van der Waals surface area contributed by atoms with E-state index >= 15 is 0 Å². The molecular formula is C14H23ClSi. The van der Waals surface area contributed by atoms with Gasteiger partial charge in [-0.15, -0.1) is 0 Å². The van der Waals surface area contributed by atoms with E-state index < -0.39 is 7.38 Å². The van der Waals surface area contributed by atoms with E-state index in [9.17, 15) is 0 Å². The summed E-state index contributed by atoms with van der Waals surface area (Å²) in [4.78, 5) is 0. The third-order valence-corrected chi connectivity index (χ3v) is 8.73. The second-order valence-corrected chi connectivity index (χ2v) is 10.5. The zero-order valence-electron chi connectivity index (χ0n) is 10.9. The minimum absolute atomic E-state index is 1.20. The Morgan fingerprint density at radius 2 is 1.38 bits per heavy atom. The van der Waals surface area contributed by atoms with Crippen LogP contribution in [0.4, 0.5) is 0 Å². The first-order chi connectivity index (χ1) is 7.51. The Bertz CT molecular complexity index is 320. The molecule has 1 aromatic carbocycles. The average molecular weight is 255 g/mol. The van der Waals surface area contributed by atoms with Crippen LogP contribution in [0.1, 0.15) is 37.8 Å². The van der Waals surface area contributed by atoms with E-state index in [1.54, 1.807) is 0 Å². The number of aryl methyl sites for hydroxylation is 2. The lowest BCUT2D eigenvalue weighted by Gasteiger charge is -2.25. The van der Waals surface area contributed by atoms with Gasteiger partial charge in [-0.2, -0.15) is 11.1 Å². The first kappa shape index (κ1) is 13.8. The molecule has 16 heavy (non-hydrogen) atoms. The van der Waals surface area contributed by atoms with E-state index in [-0.39, 0.29) is 0 Å². The second kappa shape index (κ2) is 5.88. The molecule has 0 saturated heterocycles. The summed E-state index contributed by atoms with van der Waals surface area (Å²) >= 11 is 6.95. The van der Waals surface area contributed by atoms with Crippen LogP contribution >= 0.6 is 11.1 Å². The van der Waals surface area contributed by atoms with Gasteiger partial charge in [0, 0.05) is 0 Å². The Balaban J connectivity index is 3.09. The van der Waals surface area contributed by atoms with Gasteiger partial charge in [0.1, 0.15) is 0 Å². The molecule has 0 nitrogen and oxygen atoms in total. The van der Waals surface area contributed by atoms with Crippen LogP contribution in [0.2, 0.25) is 12.1 Å². The molecular weight excluding hydrogens is 232 g/mol. The van der Waals surface area contributed by atoms with Crippen LogP contribution in [0.3, 0.4) is 0 Å². The molecule has 0 heterocycles. The van der Waals surface area contributed by atoms with Gasteiger partial charge in [-0.1, -0.05) is 56.0 Å². The number of hydrogen-bond acceptors (Lipinski definition) is 0. The van der Waals surface area contributed by atoms with Gasteiger partial charge in [0.2, 0.25) is 0 Å². The second-order valence-electron chi connectivity index (χ2n) is 4.84. The number of hydrogen-bond donors (Lipinski definition) is 0. The van der Waals surface area contributed by atoms with Crippen molar-refractivity contribution >= 4 is 23.6 Å². The number of halogens is 1. The van der Waals surface area contributed by atoms with Crippen molar-refractivity contribution in [1.29, 1.82) is 0 Å². The maximum atomic E-state index is 6.95. The van der Waals surface area contributed by atoms with Gasteiger partial charge in [-0.25, -0.2) is 0 Å². The summed E-state index contributed by atoms with van der Waals surface area (Å²) < 4.78 is 0. The summed E-state index contributed by atoms with van der Waals surface area (Å²) in [5.41, 5.74) is 2.69. The van der Waals surface area contributed by atoms with Crippen molar-refractivity contribution in [3.63, 3.8) is 0 Å². The van der Waals surface area contributed by atoms with Gasteiger partial charge < -0.3 is 0 Å². The van der Waals surface area contributed by atoms with Crippen LogP contribution in [0, 0.1) is 13.8 Å². The predicted octanol–water partition coefficient (Wildman–Crippen LogP) is 4.51. The highest BCUT2D eigenvalue weighted by Gasteiger charge is 2.31. The molecule has 0 N–H and O–H groups in total. The fourth-order valence-corrected chi connectivity index (χ4v) is 7.29. The van der Waals surface area contributed by atoms with Crippen LogP contribution in [0.15, 0.2) is 18.2 Å². The first-order valence-electron chi connectivity index (χ1n) is 6.29. The topological polar surface area (TPSA) is 0 Å². The first-order valence-corrected chi connectivity index (χ1v) is 9.72. The summed E-state index contributed by atoms with van der Waals surface area (Å²) in [5.74, 6) is 0. The molecule has 0 unspecified atom stereocenters. The number of benzene rings is 1. The molecule has 0 aliphatic rings. The molecule has 0 aliphatic carbocycles. The molecule has 0 spiro atoms. The van der Waals surface area contributed by atoms with Crippen molar-refractivity contribution in [3.8, 4) is 0 Å². The van der Waals surface area contributed by atoms with E-state index in [1.165, 1.54) is 41.2 Å². The lowest BCUT2D eigenvalue weighted by Crippen LogP contribution is -2.42. The van der Waals surface area contributed by atoms with Crippen molar-refractivity contribution < 1.29 is 0 Å². The van der Waals surface area contributed by atoms with Gasteiger partial charge in [-0.05, 0) is 31.1 Å². The normalized spacial score (nSPS) is 11.8. The highest BCUT2D eigenvalue weighted by molar-refractivity contribution is 7.27. The lowest BCUT2D eigenvalue weighted by atomic mass is 10.2. The van der Waals surface area contributed by atoms with E-state index in [0.29, 0.717) is 0 Å². The maximum absolute atomic E-state index is 6.95. The Labute approximate surface area is 106 Å². The van der Waals surface area contributed by atoms with Crippen molar-refractivity contribution in [2.24, 2.45) is 0 Å². The van der Waals surface area contributed by atoms with Crippen LogP contribution in [-0.2, 0) is 0 Å². The minimum Gasteiger partial charge on any atom is -0.161 e. The molecule has 1 aromatic rings. The Morgan fingerprint density at radius 1 is 0.938 bits per heavy atom. The standard InChI is InChI=1S/C14H23ClSi/c1-5-7-16(15,8-6-2)14-10-12(3)9-13(4)11-14/h9-11H,5-8H2,1-4H3. The fraction of sp³-hybridized carbons (Fsp3) is 0.571. The molecule has 1 rings (SSSR count). The molecule has 0 aromatic heterocycles. The highest BCUT2D eigenvalue weighted by Crippen LogP contribution is 2.25. The lowest BCUT2D eigenvalue weighted by molar-refractivity contribution is 1.00. The molecule has 0 atom stereocenters. The van der Waals surface area contributed by atoms with Crippen LogP contribution in [0.25, 0.3) is 0 Å². The van der Waals surface area contributed by atoms with E-state index in [4.69, 9.17) is 11.1 Å². The van der Waals surface area contributed by atoms with Crippen molar-refractivity contribution in [2.45, 2.75) is 52.6 Å². The van der Waals surface area contributed by atoms with E-state index in [2.05, 4.69) is 45.9 Å². The van der Waals surface area contributed by atoms with Crippen molar-refractivity contribution in [2.75, 3.05) is 0 Å². The van der Waals surface area contributed by atoms with Crippen LogP contribution in [-0.4, -0.2) is 7.38 Å². The molecule has 0 bridgehead atoms. The maximum Gasteiger partial charge on any atom is 0.186 e. The SMILES string of the molecule is CCC[Si](Cl)(CCC)c1cc(C)cc(C)c1. The Morgan fingerprint density at radius 3 is 1.75 bits per heavy atom. The fourth-order valence-electron chi connectivity index (χ4n) is 2.44. The molecule has 90 valence electrons. The van der Waals surface area contributed by atoms with Crippen LogP contribution < -0.4 is 5.19 Å². The molecule has 0 fully saturated rings. The van der Waals surface area contributed by atoms with Gasteiger partial charge in [0.15, 0.2) is 7.38 Å². The quantitative estimate of drug-likeness (QED) is 0.536. The summed E-state index contributed by atoms with van der Waals surface area (Å²) in [6, 6.07) is 9.23. The molecule has 0 saturated carbocycles. The van der Waals surface area contributed by atoms with Crippen molar-refractivity contribution in [1.82, 2.24) is 0 Å². The average Bonchev–Trinajstić information content (AvgIpc) is 2.16. The summed E-state index contributed by atoms with van der Waals surface area (Å²) in [7, 11) is -1.72. The van der Waals surface area contributed by atoms with Gasteiger partial charge in [0.05, 0.1) is 0 Å². The van der Waals surface area contributed by atoms with Crippen molar-refractivity contribution in [3.05, 3.63) is 29.3 Å². The minimum atomic E-state index is -1.72. The largest absolute Gasteiger partial charge is 0.186 e. The van der Waals surface area contributed by atoms with Crippen LogP contribution in [0.5, 0.6) is 0 Å². The van der Waals surface area contributed by atoms with E-state index in [0.717, 1.165) is 0 Å². The zero-order valence-corrected chi connectivity index (χ0v) is 12.7. The van der Waals surface area contributed by atoms with Gasteiger partial charge >= 0.3 is 0 Å². The summed E-state index contributed by atoms with van der Waals surface area (Å²) in [6.45, 7) is 8.81. The Hall–Kier alpha value is -0.273. The predicted molar refractivity (Wildman–Crippen MR) is 77.4 cm³/mol. The van der Waals surface area contributed by atoms with E-state index in [1.807, 2.05) is 0 Å². The summed E-state index contributed by atoms with van der Waals surface area (Å²) in [6.07, 6.45) is 2.39. The number of rotatable bonds is 5. The summed E-state index contributed by atoms with van der Waals surface area (Å²) in [5, 5.41) is 1.44. The third kappa shape index (κ3) is 3.36. The molecule has 0 radical (unpaired) electrons. The molecule has 0 aliphatic heterocycles. The zero-order chi connectivity index (χ0) is 12.2. The smallest absolute Gasteiger partial charge is 0.161 e. The monoisotopic (exact) mass is 254 g/mol. The Kier molecular flexibility index (Phi) is 5.07. The third-order valence-electron chi connectivity index (χ3n) is 3.03. The van der Waals surface area contributed by atoms with Gasteiger partial charge in [0.25, 0.3) is 0 Å². The molecule has 0 amide bonds. The highest BCUT2D eigenvalue weighted by atomic mass is 35.6. The van der Waals surface area contributed by atoms with Gasteiger partial charge in [-0.3, -0.25) is 0 Å². The molecule has 2 heteroatoms.